The fourth-order valence-corrected chi connectivity index (χ4v) is 27.1. The van der Waals surface area contributed by atoms with E-state index in [1.165, 1.54) is 67.3 Å². The lowest BCUT2D eigenvalue weighted by atomic mass is 9.85. The molecule has 0 saturated heterocycles. The number of nitrogens with two attached hydrogens (primary N) is 1. The summed E-state index contributed by atoms with van der Waals surface area (Å²) >= 11 is 0. The van der Waals surface area contributed by atoms with Gasteiger partial charge < -0.3 is 43.3 Å². The molecule has 0 atom stereocenters. The van der Waals surface area contributed by atoms with E-state index in [1.54, 1.807) is 130 Å². The van der Waals surface area contributed by atoms with Crippen LogP contribution in [0.2, 0.25) is 0 Å². The number of aliphatic hydroxyl groups excluding tert-OH is 1. The lowest BCUT2D eigenvalue weighted by molar-refractivity contribution is 0.0696. The summed E-state index contributed by atoms with van der Waals surface area (Å²) in [7, 11) is -15.2. The number of sulfone groups is 3. The Bertz CT molecular complexity index is 8300. The summed E-state index contributed by atoms with van der Waals surface area (Å²) in [6.07, 6.45) is 14.6. The molecule has 10 aromatic carbocycles. The largest absolute Gasteiger partial charge is 0.478 e. The predicted molar refractivity (Wildman–Crippen MR) is 572 cm³/mol. The Morgan fingerprint density at radius 3 is 0.910 bits per heavy atom. The van der Waals surface area contributed by atoms with E-state index in [-0.39, 0.29) is 52.7 Å². The molecule has 4 aliphatic rings. The molecule has 144 heavy (non-hydrogen) atoms. The van der Waals surface area contributed by atoms with E-state index in [4.69, 9.17) is 5.73 Å². The van der Waals surface area contributed by atoms with Gasteiger partial charge in [0.15, 0.2) is 0 Å². The first-order valence-electron chi connectivity index (χ1n) is 46.5. The Labute approximate surface area is 833 Å². The van der Waals surface area contributed by atoms with E-state index >= 15 is 0 Å². The number of amides is 1. The second-order valence-corrected chi connectivity index (χ2v) is 53.7. The number of benzene rings is 10. The van der Waals surface area contributed by atoms with E-state index < -0.39 is 77.3 Å². The van der Waals surface area contributed by atoms with Crippen molar-refractivity contribution >= 4 is 135 Å². The van der Waals surface area contributed by atoms with Crippen molar-refractivity contribution in [2.45, 2.75) is 110 Å². The SMILES string of the molecule is CC(C)(CS(C)(=O)=O)c1c(-c2ccc(C(=O)O)cc2)c2cc3c(cc2n1-c1ccc(F)cc1)C=NC3.CC(C)(CS(C)(=O)=O)c1c(-c2ccc(C(N)=O)cc2)c2cc3c(cc2n1-c1ccc(F)cc1)C=NC3.CC(C)(CS(C)(=O)=O)c1c(-c2ccc(P(C)(C)=O)nc2)c2cc3c(cc2n1-c1ccc(F)cc1)C=NC3.Cc1cc(-c2c(C(C)(C)CO)n(-c3ccc(F)cc3)c3cc4c(cc23)CN=C4)cnc1P(C)(C)=O. The molecule has 20 rings (SSSR count). The maximum Gasteiger partial charge on any atom is 0.335 e. The van der Waals surface area contributed by atoms with Crippen molar-refractivity contribution in [3.05, 3.63) is 332 Å². The van der Waals surface area contributed by atoms with Gasteiger partial charge >= 0.3 is 5.97 Å². The number of aromatic carboxylic acids is 1. The molecule has 0 unspecified atom stereocenters. The molecular weight excluding hydrogens is 1930 g/mol. The van der Waals surface area contributed by atoms with Gasteiger partial charge in [-0.1, -0.05) is 85.7 Å². The monoisotopic (exact) mass is 2030 g/mol. The van der Waals surface area contributed by atoms with Gasteiger partial charge in [-0.2, -0.15) is 0 Å². The van der Waals surface area contributed by atoms with Crippen LogP contribution in [0.5, 0.6) is 0 Å². The summed E-state index contributed by atoms with van der Waals surface area (Å²) in [5, 5.41) is 23.6. The van der Waals surface area contributed by atoms with Gasteiger partial charge in [0.05, 0.1) is 83.1 Å². The van der Waals surface area contributed by atoms with Crippen LogP contribution in [-0.4, -0.2) is 170 Å². The van der Waals surface area contributed by atoms with Gasteiger partial charge in [0.25, 0.3) is 0 Å². The van der Waals surface area contributed by atoms with Crippen LogP contribution < -0.4 is 16.6 Å². The molecule has 0 aliphatic carbocycles. The van der Waals surface area contributed by atoms with Gasteiger partial charge in [0, 0.05) is 184 Å². The highest BCUT2D eigenvalue weighted by Gasteiger charge is 2.41. The zero-order valence-corrected chi connectivity index (χ0v) is 86.7. The van der Waals surface area contributed by atoms with Gasteiger partial charge in [-0.3, -0.25) is 34.7 Å². The number of carboxylic acids is 1. The number of hydrogen-bond donors (Lipinski definition) is 3. The fraction of sp³-hybridized carbons (Fsp3) is 0.250. The summed E-state index contributed by atoms with van der Waals surface area (Å²) in [4.78, 5) is 50.0. The normalized spacial score (nSPS) is 13.5. The van der Waals surface area contributed by atoms with Crippen LogP contribution in [-0.2, 0) is 86.5 Å². The number of aromatic nitrogens is 6. The third kappa shape index (κ3) is 20.5. The van der Waals surface area contributed by atoms with Crippen LogP contribution in [0.4, 0.5) is 17.6 Å². The van der Waals surface area contributed by atoms with Gasteiger partial charge in [0.2, 0.25) is 5.91 Å². The Balaban J connectivity index is 0.000000132. The minimum absolute atomic E-state index is 0.0810. The fourth-order valence-electron chi connectivity index (χ4n) is 20.7. The second kappa shape index (κ2) is 38.1. The highest BCUT2D eigenvalue weighted by atomic mass is 32.2. The molecule has 4 aliphatic heterocycles. The van der Waals surface area contributed by atoms with Gasteiger partial charge in [0.1, 0.15) is 72.5 Å². The van der Waals surface area contributed by atoms with Crippen LogP contribution in [0.15, 0.2) is 245 Å². The number of hydrogen-bond acceptors (Lipinski definition) is 17. The first kappa shape index (κ1) is 102. The standard InChI is InChI=1S/C28H29FN3O3PS.C28H26FN3O3S.C28H29FN3O2P.C28H25FN2O4S/c1-28(2,17-37(5,34)35)27-26(18-6-11-25(31-16-18)36(3,4)33)23-12-19-14-30-15-20(19)13-24(23)32(27)22-9-7-21(29)8-10-22;1-28(2,16-36(3,34)35)26-25(17-4-6-18(7-5-17)27(30)33)23-12-19-14-31-15-20(19)13-24(23)32(26)22-10-8-21(29)9-11-22;1-17-10-20(15-31-27(17)35(4,5)34)25-23-11-18-13-30-14-19(18)12-24(23)32(26(25)28(2,3)16-33)22-8-6-21(29)7-9-22;1-28(2,16-36(3,34)35)26-25(17-4-6-18(7-5-17)27(32)33)23-12-19-14-30-15-20(19)13-24(23)31(26)22-10-8-21(29)9-11-22/h6-13,15-16H,14,17H2,1-5H3;4-13,15H,14,16H2,1-3H3,(H2,30,33);6-12,14-15,33H,13,16H2,1-5H3;4-13,15H,14,16H2,1-3H3,(H,32,33). The average Bonchev–Trinajstić information content (AvgIpc) is 1.57. The minimum Gasteiger partial charge on any atom is -0.478 e. The molecule has 16 aromatic rings. The van der Waals surface area contributed by atoms with E-state index in [9.17, 15) is 71.7 Å². The number of halogens is 4. The van der Waals surface area contributed by atoms with Crippen LogP contribution in [0.25, 0.3) is 111 Å². The molecular formula is C112H109F4N11O12P2S3. The summed E-state index contributed by atoms with van der Waals surface area (Å²) < 4.78 is 164. The number of fused-ring (bicyclic) bond motifs is 8. The number of rotatable bonds is 23. The lowest BCUT2D eigenvalue weighted by Crippen LogP contribution is -2.30. The van der Waals surface area contributed by atoms with Gasteiger partial charge in [-0.05, 0) is 277 Å². The molecule has 0 radical (unpaired) electrons. The molecule has 0 bridgehead atoms. The van der Waals surface area contributed by atoms with Crippen molar-refractivity contribution in [2.75, 3.05) is 69.3 Å². The Morgan fingerprint density at radius 2 is 0.653 bits per heavy atom. The van der Waals surface area contributed by atoms with Crippen molar-refractivity contribution in [3.63, 3.8) is 0 Å². The van der Waals surface area contributed by atoms with Crippen molar-refractivity contribution in [1.29, 1.82) is 0 Å². The molecule has 0 fully saturated rings. The molecule has 1 amide bonds. The van der Waals surface area contributed by atoms with Crippen LogP contribution in [0.1, 0.15) is 149 Å². The molecule has 32 heteroatoms. The lowest BCUT2D eigenvalue weighted by Gasteiger charge is -2.28. The highest BCUT2D eigenvalue weighted by molar-refractivity contribution is 7.91. The average molecular weight is 2040 g/mol. The number of aliphatic hydroxyl groups is 1. The van der Waals surface area contributed by atoms with E-state index in [2.05, 4.69) is 70.9 Å². The van der Waals surface area contributed by atoms with Crippen LogP contribution >= 0.6 is 14.3 Å². The van der Waals surface area contributed by atoms with E-state index in [1.807, 2.05) is 137 Å². The van der Waals surface area contributed by atoms with Crippen molar-refractivity contribution in [1.82, 2.24) is 28.2 Å². The number of nitrogens with zero attached hydrogens (tertiary/aromatic N) is 10. The molecule has 0 saturated carbocycles. The van der Waals surface area contributed by atoms with Crippen molar-refractivity contribution in [3.8, 4) is 67.3 Å². The number of carbonyl (C=O) groups is 2. The number of carbonyl (C=O) groups excluding carboxylic acids is 1. The van der Waals surface area contributed by atoms with Crippen molar-refractivity contribution < 1.29 is 71.7 Å². The molecule has 6 aromatic heterocycles. The van der Waals surface area contributed by atoms with Crippen LogP contribution in [0, 0.1) is 30.2 Å². The topological polar surface area (TPSA) is 332 Å². The number of aryl methyl sites for hydroxylation is 1. The number of aliphatic imine (C=N–C) groups is 4. The zero-order valence-electron chi connectivity index (χ0n) is 82.5. The number of carboxylic acid groups (broad SMARTS) is 1. The molecule has 740 valence electrons. The zero-order chi connectivity index (χ0) is 104. The van der Waals surface area contributed by atoms with Crippen molar-refractivity contribution in [2.24, 2.45) is 25.7 Å². The first-order chi connectivity index (χ1) is 67.6. The molecule has 0 spiro atoms. The first-order valence-corrected chi connectivity index (χ1v) is 57.9. The second-order valence-electron chi connectivity index (χ2n) is 41.0. The number of primary amides is 1. The minimum atomic E-state index is -3.37. The quantitative estimate of drug-likeness (QED) is 0.0396. The summed E-state index contributed by atoms with van der Waals surface area (Å²) in [5.74, 6) is -3.23. The predicted octanol–water partition coefficient (Wildman–Crippen LogP) is 21.1. The third-order valence-corrected chi connectivity index (χ3v) is 33.0. The Kier molecular flexibility index (Phi) is 26.9. The summed E-state index contributed by atoms with van der Waals surface area (Å²) in [5.41, 5.74) is 29.7. The smallest absolute Gasteiger partial charge is 0.335 e. The van der Waals surface area contributed by atoms with Gasteiger partial charge in [-0.15, -0.1) is 0 Å². The molecule has 23 nitrogen and oxygen atoms in total. The molecule has 10 heterocycles. The Morgan fingerprint density at radius 1 is 0.375 bits per heavy atom. The van der Waals surface area contributed by atoms with E-state index in [0.29, 0.717) is 54.0 Å². The summed E-state index contributed by atoms with van der Waals surface area (Å²) in [6.45, 7) is 26.4. The summed E-state index contributed by atoms with van der Waals surface area (Å²) in [6, 6.07) is 60.9. The number of pyridine rings is 2. The Hall–Kier alpha value is -13.7. The van der Waals surface area contributed by atoms with Gasteiger partial charge in [-0.25, -0.2) is 47.6 Å². The van der Waals surface area contributed by atoms with E-state index in [0.717, 1.165) is 172 Å². The maximum absolute atomic E-state index is 13.9. The van der Waals surface area contributed by atoms with Crippen LogP contribution in [0.3, 0.4) is 0 Å². The maximum atomic E-state index is 13.9. The third-order valence-electron chi connectivity index (χ3n) is 26.4. The molecule has 4 N–H and O–H groups in total. The highest BCUT2D eigenvalue weighted by Crippen LogP contribution is 2.52.